The summed E-state index contributed by atoms with van der Waals surface area (Å²) in [5.41, 5.74) is 6.39. The number of esters is 1. The summed E-state index contributed by atoms with van der Waals surface area (Å²) in [5.74, 6) is -0.0116. The van der Waals surface area contributed by atoms with Gasteiger partial charge in [0.15, 0.2) is 0 Å². The molecule has 1 atom stereocenters. The average Bonchev–Trinajstić information content (AvgIpc) is 2.47. The molecule has 2 rings (SSSR count). The summed E-state index contributed by atoms with van der Waals surface area (Å²) < 4.78 is 15.8. The van der Waals surface area contributed by atoms with Crippen molar-refractivity contribution in [2.24, 2.45) is 0 Å². The van der Waals surface area contributed by atoms with Crippen LogP contribution >= 0.6 is 0 Å². The third-order valence-electron chi connectivity index (χ3n) is 2.79. The fourth-order valence-electron chi connectivity index (χ4n) is 1.85. The van der Waals surface area contributed by atoms with Gasteiger partial charge in [0.2, 0.25) is 0 Å². The number of pyridine rings is 1. The molecule has 0 spiro atoms. The van der Waals surface area contributed by atoms with Crippen molar-refractivity contribution < 1.29 is 19.0 Å². The molecule has 1 unspecified atom stereocenters. The monoisotopic (exact) mass is 281 g/mol. The van der Waals surface area contributed by atoms with Crippen molar-refractivity contribution in [1.82, 2.24) is 4.98 Å². The maximum absolute atomic E-state index is 11.9. The van der Waals surface area contributed by atoms with Gasteiger partial charge in [-0.2, -0.15) is 0 Å². The minimum absolute atomic E-state index is 0.0573. The van der Waals surface area contributed by atoms with Crippen LogP contribution in [-0.4, -0.2) is 50.0 Å². The molecule has 1 aromatic heterocycles. The highest BCUT2D eigenvalue weighted by Gasteiger charge is 2.18. The molecular weight excluding hydrogens is 262 g/mol. The molecule has 20 heavy (non-hydrogen) atoms. The molecule has 7 nitrogen and oxygen atoms in total. The number of hydrogen-bond donors (Lipinski definition) is 2. The average molecular weight is 281 g/mol. The summed E-state index contributed by atoms with van der Waals surface area (Å²) in [6.07, 6.45) is 1.43. The maximum Gasteiger partial charge on any atom is 0.341 e. The normalized spacial score (nSPS) is 18.6. The first kappa shape index (κ1) is 14.5. The largest absolute Gasteiger partial charge is 0.462 e. The van der Waals surface area contributed by atoms with Crippen LogP contribution in [0, 0.1) is 0 Å². The molecule has 0 radical (unpaired) electrons. The first-order valence-corrected chi connectivity index (χ1v) is 6.56. The summed E-state index contributed by atoms with van der Waals surface area (Å²) >= 11 is 0. The van der Waals surface area contributed by atoms with Crippen LogP contribution in [0.2, 0.25) is 0 Å². The highest BCUT2D eigenvalue weighted by Crippen LogP contribution is 2.17. The second-order valence-corrected chi connectivity index (χ2v) is 4.33. The predicted molar refractivity (Wildman–Crippen MR) is 73.7 cm³/mol. The number of rotatable bonds is 5. The fraction of sp³-hybridized carbons (Fsp3) is 0.538. The Morgan fingerprint density at radius 1 is 1.60 bits per heavy atom. The number of nitrogens with one attached hydrogen (secondary N) is 1. The topological polar surface area (TPSA) is 95.7 Å². The van der Waals surface area contributed by atoms with Crippen molar-refractivity contribution in [3.8, 4) is 0 Å². The Balaban J connectivity index is 2.03. The lowest BCUT2D eigenvalue weighted by atomic mass is 10.2. The molecule has 1 fully saturated rings. The van der Waals surface area contributed by atoms with E-state index in [1.165, 1.54) is 6.20 Å². The maximum atomic E-state index is 11.9. The molecule has 2 heterocycles. The van der Waals surface area contributed by atoms with Crippen LogP contribution in [0.15, 0.2) is 12.3 Å². The third-order valence-corrected chi connectivity index (χ3v) is 2.79. The van der Waals surface area contributed by atoms with Crippen molar-refractivity contribution in [2.75, 3.05) is 44.0 Å². The van der Waals surface area contributed by atoms with E-state index in [-0.39, 0.29) is 6.10 Å². The van der Waals surface area contributed by atoms with Crippen LogP contribution < -0.4 is 11.1 Å². The minimum Gasteiger partial charge on any atom is -0.462 e. The molecule has 3 N–H and O–H groups in total. The van der Waals surface area contributed by atoms with Crippen LogP contribution in [0.1, 0.15) is 17.3 Å². The summed E-state index contributed by atoms with van der Waals surface area (Å²) in [4.78, 5) is 16.0. The number of hydrogen-bond acceptors (Lipinski definition) is 7. The van der Waals surface area contributed by atoms with Gasteiger partial charge in [0.1, 0.15) is 11.4 Å². The van der Waals surface area contributed by atoms with Gasteiger partial charge in [-0.05, 0) is 13.0 Å². The van der Waals surface area contributed by atoms with Crippen LogP contribution in [-0.2, 0) is 14.2 Å². The summed E-state index contributed by atoms with van der Waals surface area (Å²) in [5, 5.41) is 3.08. The minimum atomic E-state index is -0.449. The van der Waals surface area contributed by atoms with Crippen molar-refractivity contribution in [3.63, 3.8) is 0 Å². The van der Waals surface area contributed by atoms with Gasteiger partial charge in [0, 0.05) is 6.54 Å². The zero-order valence-corrected chi connectivity index (χ0v) is 11.4. The second-order valence-electron chi connectivity index (χ2n) is 4.33. The van der Waals surface area contributed by atoms with E-state index in [2.05, 4.69) is 10.3 Å². The van der Waals surface area contributed by atoms with E-state index in [0.29, 0.717) is 50.0 Å². The molecule has 1 aliphatic heterocycles. The molecular formula is C13H19N3O4. The summed E-state index contributed by atoms with van der Waals surface area (Å²) in [6.45, 7) is 4.27. The van der Waals surface area contributed by atoms with E-state index in [1.54, 1.807) is 13.0 Å². The van der Waals surface area contributed by atoms with Crippen LogP contribution in [0.5, 0.6) is 0 Å². The van der Waals surface area contributed by atoms with E-state index in [4.69, 9.17) is 19.9 Å². The molecule has 0 aliphatic carbocycles. The Hall–Kier alpha value is -1.86. The number of aromatic nitrogens is 1. The van der Waals surface area contributed by atoms with Crippen molar-refractivity contribution >= 4 is 17.5 Å². The van der Waals surface area contributed by atoms with E-state index in [0.717, 1.165) is 0 Å². The van der Waals surface area contributed by atoms with Gasteiger partial charge in [0.05, 0.1) is 44.4 Å². The number of carbonyl (C=O) groups is 1. The molecule has 1 saturated heterocycles. The van der Waals surface area contributed by atoms with Crippen LogP contribution in [0.25, 0.3) is 0 Å². The van der Waals surface area contributed by atoms with Gasteiger partial charge >= 0.3 is 5.97 Å². The molecule has 110 valence electrons. The van der Waals surface area contributed by atoms with E-state index in [9.17, 15) is 4.79 Å². The van der Waals surface area contributed by atoms with Crippen LogP contribution in [0.3, 0.4) is 0 Å². The molecule has 1 aliphatic rings. The lowest BCUT2D eigenvalue weighted by molar-refractivity contribution is -0.0819. The second kappa shape index (κ2) is 7.06. The first-order chi connectivity index (χ1) is 9.70. The van der Waals surface area contributed by atoms with Gasteiger partial charge < -0.3 is 25.3 Å². The SMILES string of the molecule is CCOC(=O)c1cc(N)cnc1NCC1COCCO1. The number of ether oxygens (including phenoxy) is 3. The highest BCUT2D eigenvalue weighted by molar-refractivity contribution is 5.95. The molecule has 0 aromatic carbocycles. The predicted octanol–water partition coefficient (Wildman–Crippen LogP) is 0.668. The molecule has 7 heteroatoms. The Bertz CT molecular complexity index is 461. The summed E-state index contributed by atoms with van der Waals surface area (Å²) in [6, 6.07) is 1.55. The molecule has 0 bridgehead atoms. The Kier molecular flexibility index (Phi) is 5.14. The number of nitrogens with two attached hydrogens (primary N) is 1. The van der Waals surface area contributed by atoms with Crippen molar-refractivity contribution in [3.05, 3.63) is 17.8 Å². The van der Waals surface area contributed by atoms with Crippen molar-refractivity contribution in [2.45, 2.75) is 13.0 Å². The third kappa shape index (κ3) is 3.82. The first-order valence-electron chi connectivity index (χ1n) is 6.56. The van der Waals surface area contributed by atoms with Gasteiger partial charge in [-0.1, -0.05) is 0 Å². The Labute approximate surface area is 117 Å². The molecule has 0 saturated carbocycles. The molecule has 1 aromatic rings. The van der Waals surface area contributed by atoms with Gasteiger partial charge in [-0.3, -0.25) is 0 Å². The van der Waals surface area contributed by atoms with Crippen molar-refractivity contribution in [1.29, 1.82) is 0 Å². The number of nitrogen functional groups attached to an aromatic ring is 1. The van der Waals surface area contributed by atoms with Gasteiger partial charge in [-0.25, -0.2) is 9.78 Å². The van der Waals surface area contributed by atoms with E-state index >= 15 is 0 Å². The van der Waals surface area contributed by atoms with E-state index < -0.39 is 5.97 Å². The lowest BCUT2D eigenvalue weighted by Gasteiger charge is -2.23. The standard InChI is InChI=1S/C13H19N3O4/c1-2-19-13(17)11-5-9(14)6-15-12(11)16-7-10-8-18-3-4-20-10/h5-6,10H,2-4,7-8,14H2,1H3,(H,15,16). The van der Waals surface area contributed by atoms with Crippen LogP contribution in [0.4, 0.5) is 11.5 Å². The number of nitrogens with zero attached hydrogens (tertiary/aromatic N) is 1. The van der Waals surface area contributed by atoms with Gasteiger partial charge in [-0.15, -0.1) is 0 Å². The zero-order chi connectivity index (χ0) is 14.4. The number of carbonyl (C=O) groups excluding carboxylic acids is 1. The highest BCUT2D eigenvalue weighted by atomic mass is 16.6. The Morgan fingerprint density at radius 3 is 3.15 bits per heavy atom. The molecule has 0 amide bonds. The quantitative estimate of drug-likeness (QED) is 0.766. The van der Waals surface area contributed by atoms with Gasteiger partial charge in [0.25, 0.3) is 0 Å². The smallest absolute Gasteiger partial charge is 0.341 e. The zero-order valence-electron chi connectivity index (χ0n) is 11.4. The Morgan fingerprint density at radius 2 is 2.45 bits per heavy atom. The summed E-state index contributed by atoms with van der Waals surface area (Å²) in [7, 11) is 0. The number of anilines is 2. The fourth-order valence-corrected chi connectivity index (χ4v) is 1.85. The lowest BCUT2D eigenvalue weighted by Crippen LogP contribution is -2.34. The van der Waals surface area contributed by atoms with E-state index in [1.807, 2.05) is 0 Å².